The van der Waals surface area contributed by atoms with Gasteiger partial charge in [-0.1, -0.05) is 17.7 Å². The first-order valence-electron chi connectivity index (χ1n) is 11.9. The topological polar surface area (TPSA) is 65.9 Å². The maximum Gasteiger partial charge on any atom is 0.325 e. The highest BCUT2D eigenvalue weighted by Crippen LogP contribution is 2.38. The fourth-order valence-corrected chi connectivity index (χ4v) is 4.73. The van der Waals surface area contributed by atoms with Crippen LogP contribution in [-0.4, -0.2) is 60.5 Å². The van der Waals surface area contributed by atoms with E-state index in [9.17, 15) is 0 Å². The van der Waals surface area contributed by atoms with Crippen LogP contribution in [0, 0.1) is 5.92 Å². The molecule has 2 fully saturated rings. The number of ether oxygens (including phenoxy) is 1. The van der Waals surface area contributed by atoms with Gasteiger partial charge in [0.05, 0.1) is 6.54 Å². The molecule has 2 aromatic rings. The molecule has 3 heterocycles. The van der Waals surface area contributed by atoms with Gasteiger partial charge in [-0.3, -0.25) is 4.99 Å². The highest BCUT2D eigenvalue weighted by atomic mass is 16.5. The Labute approximate surface area is 194 Å². The number of benzene rings is 1. The fraction of sp³-hybridized carbons (Fsp3) is 0.423. The van der Waals surface area contributed by atoms with Crippen molar-refractivity contribution in [1.82, 2.24) is 14.9 Å². The van der Waals surface area contributed by atoms with E-state index in [1.165, 1.54) is 35.1 Å². The molecule has 170 valence electrons. The van der Waals surface area contributed by atoms with E-state index in [1.807, 2.05) is 12.1 Å². The minimum Gasteiger partial charge on any atom is -0.424 e. The van der Waals surface area contributed by atoms with Crippen LogP contribution >= 0.6 is 0 Å². The van der Waals surface area contributed by atoms with Gasteiger partial charge < -0.3 is 19.9 Å². The Balaban J connectivity index is 1.27. The zero-order valence-electron chi connectivity index (χ0n) is 19.3. The van der Waals surface area contributed by atoms with Gasteiger partial charge in [0, 0.05) is 32.2 Å². The highest BCUT2D eigenvalue weighted by molar-refractivity contribution is 6.05. The summed E-state index contributed by atoms with van der Waals surface area (Å²) >= 11 is 0. The van der Waals surface area contributed by atoms with Gasteiger partial charge in [-0.25, -0.2) is 0 Å². The Morgan fingerprint density at radius 2 is 1.88 bits per heavy atom. The molecule has 7 heteroatoms. The van der Waals surface area contributed by atoms with E-state index in [2.05, 4.69) is 63.3 Å². The van der Waals surface area contributed by atoms with E-state index < -0.39 is 0 Å². The first-order chi connectivity index (χ1) is 16.1. The van der Waals surface area contributed by atoms with E-state index in [4.69, 9.17) is 9.72 Å². The fourth-order valence-electron chi connectivity index (χ4n) is 4.73. The van der Waals surface area contributed by atoms with Crippen molar-refractivity contribution in [3.8, 4) is 11.8 Å². The van der Waals surface area contributed by atoms with Crippen molar-refractivity contribution in [1.29, 1.82) is 0 Å². The number of aliphatic imine (C=N–C) groups is 1. The van der Waals surface area contributed by atoms with Gasteiger partial charge in [0.2, 0.25) is 0 Å². The van der Waals surface area contributed by atoms with Gasteiger partial charge in [-0.15, -0.1) is 0 Å². The van der Waals surface area contributed by atoms with Crippen molar-refractivity contribution in [2.24, 2.45) is 10.9 Å². The molecule has 0 bridgehead atoms. The molecule has 0 unspecified atom stereocenters. The Bertz CT molecular complexity index is 1170. The first-order valence-corrected chi connectivity index (χ1v) is 11.9. The molecule has 1 saturated carbocycles. The third kappa shape index (κ3) is 4.50. The molecule has 0 radical (unpaired) electrons. The Morgan fingerprint density at radius 3 is 2.70 bits per heavy atom. The van der Waals surface area contributed by atoms with Crippen molar-refractivity contribution in [3.63, 3.8) is 0 Å². The quantitative estimate of drug-likeness (QED) is 0.751. The number of hydrogen-bond donors (Lipinski definition) is 1. The van der Waals surface area contributed by atoms with Crippen LogP contribution in [0.3, 0.4) is 0 Å². The molecule has 6 rings (SSSR count). The molecule has 1 aromatic carbocycles. The number of aromatic nitrogens is 2. The predicted molar refractivity (Wildman–Crippen MR) is 132 cm³/mol. The van der Waals surface area contributed by atoms with Gasteiger partial charge in [0.25, 0.3) is 0 Å². The second-order valence-corrected chi connectivity index (χ2v) is 9.63. The molecule has 2 aliphatic carbocycles. The first kappa shape index (κ1) is 20.4. The van der Waals surface area contributed by atoms with Crippen molar-refractivity contribution in [2.45, 2.75) is 26.2 Å². The molecule has 33 heavy (non-hydrogen) atoms. The van der Waals surface area contributed by atoms with E-state index in [0.717, 1.165) is 68.3 Å². The summed E-state index contributed by atoms with van der Waals surface area (Å²) in [5, 5.41) is 3.41. The third-order valence-corrected chi connectivity index (χ3v) is 6.83. The standard InChI is InChI=1S/C26H30N6O/c1-17-11-19-5-6-22(13-20(19)12-17)33-26-29-24(28-23-14-21(16-27-23)18-3-4-18)15-25(30-26)32-9-7-31(2)8-10-32/h5-6,12-15,18H,3-4,7-11,16H2,1-2H3,(H,27,28,29,30). The summed E-state index contributed by atoms with van der Waals surface area (Å²) < 4.78 is 6.18. The van der Waals surface area contributed by atoms with Crippen molar-refractivity contribution in [3.05, 3.63) is 52.6 Å². The van der Waals surface area contributed by atoms with E-state index >= 15 is 0 Å². The van der Waals surface area contributed by atoms with Crippen LogP contribution < -0.4 is 15.0 Å². The van der Waals surface area contributed by atoms with Crippen molar-refractivity contribution < 1.29 is 4.74 Å². The Kier molecular flexibility index (Phi) is 5.14. The molecule has 1 saturated heterocycles. The summed E-state index contributed by atoms with van der Waals surface area (Å²) in [5.74, 6) is 3.98. The molecule has 1 aromatic heterocycles. The normalized spacial score (nSPS) is 20.3. The van der Waals surface area contributed by atoms with Crippen LogP contribution in [0.1, 0.15) is 30.9 Å². The van der Waals surface area contributed by atoms with Crippen LogP contribution in [0.2, 0.25) is 0 Å². The zero-order chi connectivity index (χ0) is 22.4. The Hall–Kier alpha value is -3.19. The second-order valence-electron chi connectivity index (χ2n) is 9.63. The molecule has 4 aliphatic rings. The number of rotatable bonds is 5. The SMILES string of the molecule is CC1=Cc2cc(Oc3nc(NC4=NCC(C5CC5)=C4)cc(N4CCN(C)CC4)n3)ccc2C1. The van der Waals surface area contributed by atoms with Crippen molar-refractivity contribution >= 4 is 23.5 Å². The Morgan fingerprint density at radius 1 is 1.03 bits per heavy atom. The molecular weight excluding hydrogens is 412 g/mol. The van der Waals surface area contributed by atoms with Crippen LogP contribution in [0.5, 0.6) is 11.8 Å². The van der Waals surface area contributed by atoms with E-state index in [-0.39, 0.29) is 0 Å². The van der Waals surface area contributed by atoms with Crippen molar-refractivity contribution in [2.75, 3.05) is 50.0 Å². The maximum absolute atomic E-state index is 6.18. The van der Waals surface area contributed by atoms with E-state index in [1.54, 1.807) is 0 Å². The molecule has 0 amide bonds. The van der Waals surface area contributed by atoms with Crippen LogP contribution in [0.4, 0.5) is 11.6 Å². The number of piperazine rings is 1. The lowest BCUT2D eigenvalue weighted by molar-refractivity contribution is 0.311. The number of likely N-dealkylation sites (N-methyl/N-ethyl adjacent to an activating group) is 1. The number of allylic oxidation sites excluding steroid dienone is 1. The summed E-state index contributed by atoms with van der Waals surface area (Å²) in [6, 6.07) is 8.60. The number of anilines is 2. The van der Waals surface area contributed by atoms with Gasteiger partial charge >= 0.3 is 6.01 Å². The minimum atomic E-state index is 0.359. The summed E-state index contributed by atoms with van der Waals surface area (Å²) in [4.78, 5) is 18.8. The summed E-state index contributed by atoms with van der Waals surface area (Å²) in [7, 11) is 2.16. The average Bonchev–Trinajstić information content (AvgIpc) is 3.43. The lowest BCUT2D eigenvalue weighted by Gasteiger charge is -2.33. The summed E-state index contributed by atoms with van der Waals surface area (Å²) in [6.07, 6.45) is 8.01. The van der Waals surface area contributed by atoms with Gasteiger partial charge in [0.15, 0.2) is 0 Å². The van der Waals surface area contributed by atoms with Crippen LogP contribution in [-0.2, 0) is 6.42 Å². The largest absolute Gasteiger partial charge is 0.424 e. The summed E-state index contributed by atoms with van der Waals surface area (Å²) in [6.45, 7) is 6.86. The molecule has 0 spiro atoms. The number of amidine groups is 1. The lowest BCUT2D eigenvalue weighted by Crippen LogP contribution is -2.44. The molecule has 0 atom stereocenters. The molecule has 7 nitrogen and oxygen atoms in total. The van der Waals surface area contributed by atoms with Gasteiger partial charge in [-0.05, 0) is 74.1 Å². The molecule has 1 N–H and O–H groups in total. The summed E-state index contributed by atoms with van der Waals surface area (Å²) in [5.41, 5.74) is 5.37. The third-order valence-electron chi connectivity index (χ3n) is 6.83. The second kappa shape index (κ2) is 8.30. The van der Waals surface area contributed by atoms with Gasteiger partial charge in [0.1, 0.15) is 23.2 Å². The average molecular weight is 443 g/mol. The number of nitrogens with one attached hydrogen (secondary N) is 1. The highest BCUT2D eigenvalue weighted by Gasteiger charge is 2.28. The molecule has 2 aliphatic heterocycles. The molecular formula is C26H30N6O. The maximum atomic E-state index is 6.18. The van der Waals surface area contributed by atoms with Crippen LogP contribution in [0.15, 0.2) is 46.5 Å². The lowest BCUT2D eigenvalue weighted by atomic mass is 10.1. The van der Waals surface area contributed by atoms with Gasteiger partial charge in [-0.2, -0.15) is 9.97 Å². The van der Waals surface area contributed by atoms with Crippen LogP contribution in [0.25, 0.3) is 6.08 Å². The predicted octanol–water partition coefficient (Wildman–Crippen LogP) is 4.14. The van der Waals surface area contributed by atoms with E-state index in [0.29, 0.717) is 6.01 Å². The number of nitrogens with zero attached hydrogens (tertiary/aromatic N) is 5. The smallest absolute Gasteiger partial charge is 0.325 e. The minimum absolute atomic E-state index is 0.359. The monoisotopic (exact) mass is 442 g/mol. The number of hydrogen-bond acceptors (Lipinski definition) is 7. The number of fused-ring (bicyclic) bond motifs is 1. The zero-order valence-corrected chi connectivity index (χ0v) is 19.3.